The van der Waals surface area contributed by atoms with Gasteiger partial charge in [-0.25, -0.2) is 4.79 Å². The second-order valence-corrected chi connectivity index (χ2v) is 4.86. The summed E-state index contributed by atoms with van der Waals surface area (Å²) >= 11 is 0. The number of esters is 1. The van der Waals surface area contributed by atoms with E-state index in [0.29, 0.717) is 0 Å². The first-order chi connectivity index (χ1) is 9.74. The summed E-state index contributed by atoms with van der Waals surface area (Å²) in [6.45, 7) is 1.63. The number of aliphatic hydroxyl groups is 1. The summed E-state index contributed by atoms with van der Waals surface area (Å²) in [5, 5.41) is 9.85. The number of alkyl halides is 3. The van der Waals surface area contributed by atoms with Crippen LogP contribution in [0, 0.1) is 5.92 Å². The Hall–Kier alpha value is -1.83. The van der Waals surface area contributed by atoms with E-state index in [0.717, 1.165) is 6.07 Å². The lowest BCUT2D eigenvalue weighted by Crippen LogP contribution is -2.34. The molecule has 0 aromatic carbocycles. The predicted octanol–water partition coefficient (Wildman–Crippen LogP) is 1.71. The van der Waals surface area contributed by atoms with Gasteiger partial charge in [0.1, 0.15) is 5.56 Å². The number of halogens is 3. The number of fused-ring (bicyclic) bond motifs is 1. The molecule has 0 bridgehead atoms. The highest BCUT2D eigenvalue weighted by atomic mass is 19.4. The fourth-order valence-corrected chi connectivity index (χ4v) is 2.39. The minimum atomic E-state index is -4.45. The standard InChI is InChI=1S/C13H14F3NO4/c1-2-21-12(20)8-5-7-9(17-11(8)19)3-6(4-10(7)18)13(14,15)16/h5-6,10,18H,2-4H2,1H3,(H,17,19)/t6-,10-/m0/s1. The number of aromatic nitrogens is 1. The van der Waals surface area contributed by atoms with Crippen molar-refractivity contribution in [2.45, 2.75) is 32.0 Å². The third kappa shape index (κ3) is 3.10. The molecule has 0 aliphatic heterocycles. The van der Waals surface area contributed by atoms with Crippen LogP contribution in [0.15, 0.2) is 10.9 Å². The molecular weight excluding hydrogens is 291 g/mol. The summed E-state index contributed by atoms with van der Waals surface area (Å²) in [6, 6.07) is 1.11. The lowest BCUT2D eigenvalue weighted by Gasteiger charge is -2.29. The van der Waals surface area contributed by atoms with Gasteiger partial charge in [-0.15, -0.1) is 0 Å². The second kappa shape index (κ2) is 5.51. The van der Waals surface area contributed by atoms with E-state index in [1.807, 2.05) is 0 Å². The van der Waals surface area contributed by atoms with Crippen molar-refractivity contribution in [2.24, 2.45) is 5.92 Å². The van der Waals surface area contributed by atoms with Gasteiger partial charge in [0, 0.05) is 11.3 Å². The number of aliphatic hydroxyl groups excluding tert-OH is 1. The van der Waals surface area contributed by atoms with Crippen molar-refractivity contribution in [1.29, 1.82) is 0 Å². The van der Waals surface area contributed by atoms with Crippen molar-refractivity contribution >= 4 is 5.97 Å². The molecule has 1 aromatic heterocycles. The number of nitrogens with one attached hydrogen (secondary N) is 1. The maximum Gasteiger partial charge on any atom is 0.392 e. The Bertz CT molecular complexity index is 608. The predicted molar refractivity (Wildman–Crippen MR) is 65.8 cm³/mol. The third-order valence-corrected chi connectivity index (χ3v) is 3.43. The number of hydrogen-bond donors (Lipinski definition) is 2. The molecule has 2 atom stereocenters. The van der Waals surface area contributed by atoms with E-state index in [-0.39, 0.29) is 23.4 Å². The first-order valence-corrected chi connectivity index (χ1v) is 6.42. The molecule has 8 heteroatoms. The number of hydrogen-bond acceptors (Lipinski definition) is 4. The molecule has 1 aliphatic carbocycles. The van der Waals surface area contributed by atoms with Gasteiger partial charge in [-0.2, -0.15) is 13.2 Å². The lowest BCUT2D eigenvalue weighted by molar-refractivity contribution is -0.184. The Balaban J connectivity index is 2.41. The van der Waals surface area contributed by atoms with Gasteiger partial charge in [0.15, 0.2) is 0 Å². The van der Waals surface area contributed by atoms with Gasteiger partial charge < -0.3 is 14.8 Å². The van der Waals surface area contributed by atoms with Crippen LogP contribution >= 0.6 is 0 Å². The average molecular weight is 305 g/mol. The summed E-state index contributed by atoms with van der Waals surface area (Å²) in [4.78, 5) is 25.6. The summed E-state index contributed by atoms with van der Waals surface area (Å²) in [6.07, 6.45) is -6.75. The Morgan fingerprint density at radius 2 is 2.19 bits per heavy atom. The molecule has 5 nitrogen and oxygen atoms in total. The molecule has 0 radical (unpaired) electrons. The molecule has 21 heavy (non-hydrogen) atoms. The van der Waals surface area contributed by atoms with Gasteiger partial charge in [-0.3, -0.25) is 4.79 Å². The summed E-state index contributed by atoms with van der Waals surface area (Å²) in [5.74, 6) is -2.59. The van der Waals surface area contributed by atoms with Gasteiger partial charge in [-0.1, -0.05) is 0 Å². The van der Waals surface area contributed by atoms with Crippen LogP contribution in [0.4, 0.5) is 13.2 Å². The fourth-order valence-electron chi connectivity index (χ4n) is 2.39. The highest BCUT2D eigenvalue weighted by molar-refractivity contribution is 5.89. The Kier molecular flexibility index (Phi) is 4.08. The molecule has 0 fully saturated rings. The molecule has 1 aliphatic rings. The Morgan fingerprint density at radius 1 is 1.52 bits per heavy atom. The minimum absolute atomic E-state index is 0.00845. The zero-order valence-electron chi connectivity index (χ0n) is 11.2. The van der Waals surface area contributed by atoms with Crippen LogP contribution in [0.25, 0.3) is 0 Å². The molecule has 1 heterocycles. The van der Waals surface area contributed by atoms with E-state index < -0.39 is 42.6 Å². The molecule has 2 N–H and O–H groups in total. The number of carbonyl (C=O) groups excluding carboxylic acids is 1. The summed E-state index contributed by atoms with van der Waals surface area (Å²) in [7, 11) is 0. The lowest BCUT2D eigenvalue weighted by atomic mass is 9.84. The van der Waals surface area contributed by atoms with Crippen LogP contribution < -0.4 is 5.56 Å². The normalized spacial score (nSPS) is 21.8. The van der Waals surface area contributed by atoms with Crippen LogP contribution in [-0.4, -0.2) is 28.8 Å². The first-order valence-electron chi connectivity index (χ1n) is 6.42. The van der Waals surface area contributed by atoms with E-state index in [1.54, 1.807) is 6.92 Å². The van der Waals surface area contributed by atoms with Crippen molar-refractivity contribution in [1.82, 2.24) is 4.98 Å². The maximum absolute atomic E-state index is 12.7. The number of ether oxygens (including phenoxy) is 1. The summed E-state index contributed by atoms with van der Waals surface area (Å²) in [5.41, 5.74) is -0.991. The van der Waals surface area contributed by atoms with E-state index in [4.69, 9.17) is 0 Å². The number of carbonyl (C=O) groups is 1. The smallest absolute Gasteiger partial charge is 0.392 e. The Labute approximate surface area is 117 Å². The van der Waals surface area contributed by atoms with Crippen molar-refractivity contribution in [3.63, 3.8) is 0 Å². The van der Waals surface area contributed by atoms with E-state index >= 15 is 0 Å². The van der Waals surface area contributed by atoms with Crippen molar-refractivity contribution in [3.8, 4) is 0 Å². The number of rotatable bonds is 2. The van der Waals surface area contributed by atoms with Crippen LogP contribution in [0.3, 0.4) is 0 Å². The van der Waals surface area contributed by atoms with Gasteiger partial charge in [0.05, 0.1) is 18.6 Å². The van der Waals surface area contributed by atoms with Crippen LogP contribution in [0.2, 0.25) is 0 Å². The van der Waals surface area contributed by atoms with Gasteiger partial charge in [0.2, 0.25) is 0 Å². The first kappa shape index (κ1) is 15.6. The molecule has 0 spiro atoms. The second-order valence-electron chi connectivity index (χ2n) is 4.86. The molecule has 0 unspecified atom stereocenters. The molecule has 0 saturated carbocycles. The summed E-state index contributed by atoms with van der Waals surface area (Å²) < 4.78 is 42.9. The quantitative estimate of drug-likeness (QED) is 0.815. The topological polar surface area (TPSA) is 79.4 Å². The molecule has 1 aromatic rings. The molecule has 0 saturated heterocycles. The zero-order chi connectivity index (χ0) is 15.8. The van der Waals surface area contributed by atoms with Gasteiger partial charge in [0.25, 0.3) is 5.56 Å². The van der Waals surface area contributed by atoms with Crippen LogP contribution in [0.1, 0.15) is 41.1 Å². The molecular formula is C13H14F3NO4. The van der Waals surface area contributed by atoms with Crippen molar-refractivity contribution in [3.05, 3.63) is 33.2 Å². The monoisotopic (exact) mass is 305 g/mol. The molecule has 116 valence electrons. The van der Waals surface area contributed by atoms with E-state index in [2.05, 4.69) is 9.72 Å². The van der Waals surface area contributed by atoms with Gasteiger partial charge in [-0.05, 0) is 25.8 Å². The number of pyridine rings is 1. The molecule has 2 rings (SSSR count). The highest BCUT2D eigenvalue weighted by Gasteiger charge is 2.44. The van der Waals surface area contributed by atoms with Crippen molar-refractivity contribution in [2.75, 3.05) is 6.61 Å². The average Bonchev–Trinajstić information content (AvgIpc) is 2.36. The fraction of sp³-hybridized carbons (Fsp3) is 0.538. The maximum atomic E-state index is 12.7. The molecule has 0 amide bonds. The van der Waals surface area contributed by atoms with Crippen molar-refractivity contribution < 1.29 is 27.8 Å². The number of aromatic amines is 1. The SMILES string of the molecule is CCOC(=O)c1cc2c([nH]c1=O)C[C@H](C(F)(F)F)C[C@@H]2O. The van der Waals surface area contributed by atoms with E-state index in [9.17, 15) is 27.9 Å². The highest BCUT2D eigenvalue weighted by Crippen LogP contribution is 2.40. The van der Waals surface area contributed by atoms with E-state index in [1.165, 1.54) is 0 Å². The largest absolute Gasteiger partial charge is 0.462 e. The van der Waals surface area contributed by atoms with Gasteiger partial charge >= 0.3 is 12.1 Å². The Morgan fingerprint density at radius 3 is 2.76 bits per heavy atom. The zero-order valence-corrected chi connectivity index (χ0v) is 11.2. The number of H-pyrrole nitrogens is 1. The minimum Gasteiger partial charge on any atom is -0.462 e. The third-order valence-electron chi connectivity index (χ3n) is 3.43. The van der Waals surface area contributed by atoms with Crippen LogP contribution in [-0.2, 0) is 11.2 Å². The van der Waals surface area contributed by atoms with Crippen LogP contribution in [0.5, 0.6) is 0 Å².